The Morgan fingerprint density at radius 1 is 1.19 bits per heavy atom. The molecule has 1 fully saturated rings. The highest BCUT2D eigenvalue weighted by Gasteiger charge is 2.49. The van der Waals surface area contributed by atoms with Gasteiger partial charge >= 0.3 is 6.03 Å². The van der Waals surface area contributed by atoms with Gasteiger partial charge < -0.3 is 14.8 Å². The first-order valence-corrected chi connectivity index (χ1v) is 10.4. The lowest BCUT2D eigenvalue weighted by Gasteiger charge is -2.23. The van der Waals surface area contributed by atoms with Gasteiger partial charge in [0.25, 0.3) is 5.91 Å². The number of halogens is 1. The van der Waals surface area contributed by atoms with Crippen molar-refractivity contribution in [2.75, 3.05) is 13.2 Å². The van der Waals surface area contributed by atoms with E-state index in [1.54, 1.807) is 37.3 Å². The molecule has 0 bridgehead atoms. The number of nitrogens with zero attached hydrogens (tertiary/aromatic N) is 5. The van der Waals surface area contributed by atoms with E-state index in [2.05, 4.69) is 20.8 Å². The fourth-order valence-corrected chi connectivity index (χ4v) is 4.12. The number of imide groups is 1. The van der Waals surface area contributed by atoms with E-state index in [1.807, 2.05) is 6.07 Å². The van der Waals surface area contributed by atoms with Gasteiger partial charge in [-0.25, -0.2) is 9.48 Å². The van der Waals surface area contributed by atoms with Crippen LogP contribution in [0.25, 0.3) is 5.69 Å². The van der Waals surface area contributed by atoms with E-state index >= 15 is 0 Å². The highest BCUT2D eigenvalue weighted by atomic mass is 35.5. The molecule has 3 amide bonds. The summed E-state index contributed by atoms with van der Waals surface area (Å²) in [6.45, 7) is 2.74. The van der Waals surface area contributed by atoms with Crippen LogP contribution in [0.15, 0.2) is 42.7 Å². The van der Waals surface area contributed by atoms with Gasteiger partial charge in [-0.05, 0) is 52.7 Å². The Balaban J connectivity index is 1.43. The van der Waals surface area contributed by atoms with Gasteiger partial charge in [0.1, 0.15) is 11.9 Å². The minimum absolute atomic E-state index is 0.0449. The lowest BCUT2D eigenvalue weighted by atomic mass is 9.91. The number of aromatic nitrogens is 4. The molecule has 3 aromatic rings. The largest absolute Gasteiger partial charge is 0.489 e. The first kappa shape index (κ1) is 20.3. The Kier molecular flexibility index (Phi) is 4.93. The van der Waals surface area contributed by atoms with E-state index in [4.69, 9.17) is 21.1 Å². The van der Waals surface area contributed by atoms with Crippen LogP contribution in [-0.2, 0) is 16.9 Å². The van der Waals surface area contributed by atoms with Crippen molar-refractivity contribution in [1.29, 1.82) is 0 Å². The Labute approximate surface area is 188 Å². The molecule has 1 atom stereocenters. The number of urea groups is 1. The second-order valence-corrected chi connectivity index (χ2v) is 8.11. The Bertz CT molecular complexity index is 1200. The van der Waals surface area contributed by atoms with Gasteiger partial charge in [-0.15, -0.1) is 5.10 Å². The summed E-state index contributed by atoms with van der Waals surface area (Å²) in [5.74, 6) is 0.614. The number of benzene rings is 2. The number of amides is 3. The molecule has 0 radical (unpaired) electrons. The van der Waals surface area contributed by atoms with Crippen molar-refractivity contribution in [2.45, 2.75) is 25.4 Å². The normalized spacial score (nSPS) is 20.2. The van der Waals surface area contributed by atoms with Crippen LogP contribution in [0.2, 0.25) is 5.02 Å². The average molecular weight is 455 g/mol. The summed E-state index contributed by atoms with van der Waals surface area (Å²) < 4.78 is 12.8. The number of hydrogen-bond donors (Lipinski definition) is 1. The zero-order valence-corrected chi connectivity index (χ0v) is 17.9. The molecule has 0 spiro atoms. The molecule has 2 aliphatic heterocycles. The van der Waals surface area contributed by atoms with Crippen molar-refractivity contribution in [3.63, 3.8) is 0 Å². The van der Waals surface area contributed by atoms with Crippen molar-refractivity contribution in [3.8, 4) is 17.2 Å². The third-order valence-corrected chi connectivity index (χ3v) is 5.80. The second-order valence-electron chi connectivity index (χ2n) is 7.71. The van der Waals surface area contributed by atoms with E-state index in [9.17, 15) is 9.59 Å². The maximum absolute atomic E-state index is 13.4. The predicted molar refractivity (Wildman–Crippen MR) is 113 cm³/mol. The molecule has 11 heteroatoms. The molecule has 1 aromatic heterocycles. The Morgan fingerprint density at radius 3 is 2.84 bits per heavy atom. The van der Waals surface area contributed by atoms with Crippen LogP contribution in [0, 0.1) is 0 Å². The van der Waals surface area contributed by atoms with Crippen LogP contribution in [0.1, 0.15) is 24.5 Å². The number of rotatable bonds is 4. The summed E-state index contributed by atoms with van der Waals surface area (Å²) in [6, 6.07) is 10.1. The average Bonchev–Trinajstić information content (AvgIpc) is 3.31. The quantitative estimate of drug-likeness (QED) is 0.602. The van der Waals surface area contributed by atoms with Crippen LogP contribution in [-0.4, -0.2) is 50.3 Å². The summed E-state index contributed by atoms with van der Waals surface area (Å²) in [5, 5.41) is 14.3. The first-order chi connectivity index (χ1) is 15.5. The highest BCUT2D eigenvalue weighted by molar-refractivity contribution is 6.32. The van der Waals surface area contributed by atoms with Crippen LogP contribution in [0.4, 0.5) is 4.79 Å². The highest BCUT2D eigenvalue weighted by Crippen LogP contribution is 2.39. The van der Waals surface area contributed by atoms with E-state index in [0.29, 0.717) is 46.5 Å². The molecule has 10 nitrogen and oxygen atoms in total. The van der Waals surface area contributed by atoms with Crippen LogP contribution < -0.4 is 14.8 Å². The SMILES string of the molecule is CC1(c2cccc(-n3cnnn3)c2)NC(=O)N(Cc2cc(Cl)c3c(c2)OCCCO3)C1=O. The van der Waals surface area contributed by atoms with Crippen LogP contribution in [0.5, 0.6) is 11.5 Å². The minimum Gasteiger partial charge on any atom is -0.489 e. The summed E-state index contributed by atoms with van der Waals surface area (Å²) in [7, 11) is 0. The molecule has 1 unspecified atom stereocenters. The molecule has 0 aliphatic carbocycles. The molecule has 3 heterocycles. The molecule has 1 N–H and O–H groups in total. The van der Waals surface area contributed by atoms with Crippen molar-refractivity contribution in [1.82, 2.24) is 30.4 Å². The number of ether oxygens (including phenoxy) is 2. The van der Waals surface area contributed by atoms with Crippen LogP contribution in [0.3, 0.4) is 0 Å². The number of hydrogen-bond acceptors (Lipinski definition) is 7. The smallest absolute Gasteiger partial charge is 0.325 e. The lowest BCUT2D eigenvalue weighted by molar-refractivity contribution is -0.131. The van der Waals surface area contributed by atoms with Crippen molar-refractivity contribution in [3.05, 3.63) is 58.9 Å². The van der Waals surface area contributed by atoms with Gasteiger partial charge in [0, 0.05) is 6.42 Å². The van der Waals surface area contributed by atoms with Crippen LogP contribution >= 0.6 is 11.6 Å². The molecule has 32 heavy (non-hydrogen) atoms. The Morgan fingerprint density at radius 2 is 2.03 bits per heavy atom. The van der Waals surface area contributed by atoms with Gasteiger partial charge in [-0.1, -0.05) is 23.7 Å². The molecule has 5 rings (SSSR count). The zero-order chi connectivity index (χ0) is 22.3. The van der Waals surface area contributed by atoms with Crippen molar-refractivity contribution < 1.29 is 19.1 Å². The number of carbonyl (C=O) groups is 2. The second kappa shape index (κ2) is 7.79. The predicted octanol–water partition coefficient (Wildman–Crippen LogP) is 2.44. The van der Waals surface area contributed by atoms with Gasteiger partial charge in [-0.3, -0.25) is 9.69 Å². The third kappa shape index (κ3) is 3.42. The van der Waals surface area contributed by atoms with E-state index in [1.165, 1.54) is 15.9 Å². The third-order valence-electron chi connectivity index (χ3n) is 5.51. The van der Waals surface area contributed by atoms with E-state index < -0.39 is 11.6 Å². The van der Waals surface area contributed by atoms with Crippen molar-refractivity contribution >= 4 is 23.5 Å². The van der Waals surface area contributed by atoms with Gasteiger partial charge in [0.05, 0.1) is 30.5 Å². The lowest BCUT2D eigenvalue weighted by Crippen LogP contribution is -2.40. The molecule has 1 saturated heterocycles. The zero-order valence-electron chi connectivity index (χ0n) is 17.1. The van der Waals surface area contributed by atoms with Crippen molar-refractivity contribution in [2.24, 2.45) is 0 Å². The van der Waals surface area contributed by atoms with Gasteiger partial charge in [0.15, 0.2) is 11.5 Å². The van der Waals surface area contributed by atoms with E-state index in [0.717, 1.165) is 6.42 Å². The fourth-order valence-electron chi connectivity index (χ4n) is 3.83. The number of nitrogens with one attached hydrogen (secondary N) is 1. The summed E-state index contributed by atoms with van der Waals surface area (Å²) in [5.41, 5.74) is 0.706. The molecular formula is C21H19ClN6O4. The maximum atomic E-state index is 13.4. The molecule has 0 saturated carbocycles. The van der Waals surface area contributed by atoms with Gasteiger partial charge in [0.2, 0.25) is 0 Å². The maximum Gasteiger partial charge on any atom is 0.325 e. The number of fused-ring (bicyclic) bond motifs is 1. The minimum atomic E-state index is -1.24. The first-order valence-electron chi connectivity index (χ1n) is 10.0. The van der Waals surface area contributed by atoms with E-state index in [-0.39, 0.29) is 12.5 Å². The van der Waals surface area contributed by atoms with Gasteiger partial charge in [-0.2, -0.15) is 0 Å². The molecule has 2 aromatic carbocycles. The summed E-state index contributed by atoms with van der Waals surface area (Å²) in [6.07, 6.45) is 2.20. The number of carbonyl (C=O) groups excluding carboxylic acids is 2. The monoisotopic (exact) mass is 454 g/mol. The topological polar surface area (TPSA) is 111 Å². The summed E-state index contributed by atoms with van der Waals surface area (Å²) in [4.78, 5) is 27.3. The number of tetrazole rings is 1. The fraction of sp³-hybridized carbons (Fsp3) is 0.286. The summed E-state index contributed by atoms with van der Waals surface area (Å²) >= 11 is 6.37. The molecular weight excluding hydrogens is 436 g/mol. The Hall–Kier alpha value is -3.66. The molecule has 2 aliphatic rings. The standard InChI is InChI=1S/C21H19ClN6O4/c1-21(14-4-2-5-15(10-14)28-12-23-25-26-28)19(29)27(20(30)24-21)11-13-8-16(22)18-17(9-13)31-6-3-7-32-18/h2,4-5,8-10,12H,3,6-7,11H2,1H3,(H,24,30). The molecule has 164 valence electrons.